The second-order valence-electron chi connectivity index (χ2n) is 7.09. The van der Waals surface area contributed by atoms with Crippen LogP contribution in [0.2, 0.25) is 0 Å². The van der Waals surface area contributed by atoms with E-state index >= 15 is 0 Å². The molecule has 1 aliphatic rings. The van der Waals surface area contributed by atoms with Crippen molar-refractivity contribution in [3.8, 4) is 5.75 Å². The lowest BCUT2D eigenvalue weighted by Gasteiger charge is -2.29. The number of likely N-dealkylation sites (tertiary alicyclic amines) is 1. The highest BCUT2D eigenvalue weighted by molar-refractivity contribution is 5.79. The third-order valence-corrected chi connectivity index (χ3v) is 4.57. The van der Waals surface area contributed by atoms with Crippen LogP contribution in [-0.2, 0) is 0 Å². The molecule has 1 aromatic rings. The Balaban J connectivity index is 1.79. The molecule has 0 radical (unpaired) electrons. The maximum atomic E-state index is 5.96. The minimum absolute atomic E-state index is 0.0422. The predicted molar refractivity (Wildman–Crippen MR) is 105 cm³/mol. The van der Waals surface area contributed by atoms with E-state index < -0.39 is 0 Å². The molecule has 1 saturated heterocycles. The fraction of sp³-hybridized carbons (Fsp3) is 0.650. The first-order chi connectivity index (χ1) is 12.1. The SMILES string of the molecule is CCNC(=NCC(C)Oc1cccc(C)c1)NCC1CCN(C)CC1. The first-order valence-corrected chi connectivity index (χ1v) is 9.51. The van der Waals surface area contributed by atoms with Crippen molar-refractivity contribution in [3.63, 3.8) is 0 Å². The zero-order chi connectivity index (χ0) is 18.1. The van der Waals surface area contributed by atoms with E-state index in [4.69, 9.17) is 9.73 Å². The van der Waals surface area contributed by atoms with E-state index in [0.29, 0.717) is 6.54 Å². The molecule has 25 heavy (non-hydrogen) atoms. The summed E-state index contributed by atoms with van der Waals surface area (Å²) in [6, 6.07) is 8.15. The Labute approximate surface area is 152 Å². The number of guanidine groups is 1. The highest BCUT2D eigenvalue weighted by Gasteiger charge is 2.16. The van der Waals surface area contributed by atoms with E-state index in [9.17, 15) is 0 Å². The number of ether oxygens (including phenoxy) is 1. The molecule has 0 bridgehead atoms. The number of rotatable bonds is 7. The van der Waals surface area contributed by atoms with Crippen LogP contribution in [0.4, 0.5) is 0 Å². The summed E-state index contributed by atoms with van der Waals surface area (Å²) in [5.74, 6) is 2.54. The van der Waals surface area contributed by atoms with Crippen molar-refractivity contribution in [1.29, 1.82) is 0 Å². The molecule has 2 rings (SSSR count). The number of aryl methyl sites for hydroxylation is 1. The Morgan fingerprint density at radius 3 is 2.76 bits per heavy atom. The van der Waals surface area contributed by atoms with Crippen molar-refractivity contribution >= 4 is 5.96 Å². The topological polar surface area (TPSA) is 48.9 Å². The van der Waals surface area contributed by atoms with Gasteiger partial charge in [-0.1, -0.05) is 12.1 Å². The van der Waals surface area contributed by atoms with Crippen LogP contribution in [0.15, 0.2) is 29.3 Å². The molecule has 1 atom stereocenters. The molecule has 0 aromatic heterocycles. The van der Waals surface area contributed by atoms with Crippen LogP contribution < -0.4 is 15.4 Å². The van der Waals surface area contributed by atoms with E-state index in [2.05, 4.69) is 55.5 Å². The third kappa shape index (κ3) is 7.34. The van der Waals surface area contributed by atoms with Crippen molar-refractivity contribution in [2.24, 2.45) is 10.9 Å². The Morgan fingerprint density at radius 2 is 2.08 bits per heavy atom. The van der Waals surface area contributed by atoms with Crippen LogP contribution in [0.3, 0.4) is 0 Å². The van der Waals surface area contributed by atoms with E-state index in [0.717, 1.165) is 30.7 Å². The molecule has 0 spiro atoms. The number of nitrogens with zero attached hydrogens (tertiary/aromatic N) is 2. The van der Waals surface area contributed by atoms with E-state index in [-0.39, 0.29) is 6.10 Å². The quantitative estimate of drug-likeness (QED) is 0.589. The summed E-state index contributed by atoms with van der Waals surface area (Å²) in [5.41, 5.74) is 1.21. The van der Waals surface area contributed by atoms with Gasteiger partial charge < -0.3 is 20.3 Å². The van der Waals surface area contributed by atoms with Gasteiger partial charge >= 0.3 is 0 Å². The van der Waals surface area contributed by atoms with Gasteiger partial charge in [-0.2, -0.15) is 0 Å². The molecule has 1 aromatic carbocycles. The lowest BCUT2D eigenvalue weighted by atomic mass is 9.97. The lowest BCUT2D eigenvalue weighted by Crippen LogP contribution is -2.42. The summed E-state index contributed by atoms with van der Waals surface area (Å²) in [4.78, 5) is 7.09. The highest BCUT2D eigenvalue weighted by Crippen LogP contribution is 2.15. The van der Waals surface area contributed by atoms with Crippen molar-refractivity contribution in [1.82, 2.24) is 15.5 Å². The highest BCUT2D eigenvalue weighted by atomic mass is 16.5. The Bertz CT molecular complexity index is 538. The largest absolute Gasteiger partial charge is 0.489 e. The van der Waals surface area contributed by atoms with Crippen molar-refractivity contribution in [2.45, 2.75) is 39.7 Å². The normalized spacial score (nSPS) is 18.0. The first-order valence-electron chi connectivity index (χ1n) is 9.51. The number of nitrogens with one attached hydrogen (secondary N) is 2. The maximum absolute atomic E-state index is 5.96. The third-order valence-electron chi connectivity index (χ3n) is 4.57. The molecule has 140 valence electrons. The van der Waals surface area contributed by atoms with Gasteiger partial charge in [0, 0.05) is 13.1 Å². The lowest BCUT2D eigenvalue weighted by molar-refractivity contribution is 0.219. The van der Waals surface area contributed by atoms with Crippen LogP contribution in [0, 0.1) is 12.8 Å². The summed E-state index contributed by atoms with van der Waals surface area (Å²) in [6.07, 6.45) is 2.56. The van der Waals surface area contributed by atoms with Gasteiger partial charge in [0.15, 0.2) is 5.96 Å². The Hall–Kier alpha value is -1.75. The summed E-state index contributed by atoms with van der Waals surface area (Å²) >= 11 is 0. The molecule has 5 heteroatoms. The molecular weight excluding hydrogens is 312 g/mol. The minimum Gasteiger partial charge on any atom is -0.489 e. The van der Waals surface area contributed by atoms with Crippen LogP contribution >= 0.6 is 0 Å². The molecule has 5 nitrogen and oxygen atoms in total. The van der Waals surface area contributed by atoms with Crippen LogP contribution in [0.25, 0.3) is 0 Å². The molecule has 1 heterocycles. The van der Waals surface area contributed by atoms with Crippen LogP contribution in [0.1, 0.15) is 32.3 Å². The second-order valence-corrected chi connectivity index (χ2v) is 7.09. The number of aliphatic imine (C=N–C) groups is 1. The first kappa shape index (κ1) is 19.6. The zero-order valence-electron chi connectivity index (χ0n) is 16.2. The smallest absolute Gasteiger partial charge is 0.191 e. The average Bonchev–Trinajstić information content (AvgIpc) is 2.59. The minimum atomic E-state index is 0.0422. The fourth-order valence-electron chi connectivity index (χ4n) is 3.03. The number of piperidine rings is 1. The average molecular weight is 347 g/mol. The molecule has 1 fully saturated rings. The molecule has 0 saturated carbocycles. The zero-order valence-corrected chi connectivity index (χ0v) is 16.2. The molecule has 1 unspecified atom stereocenters. The van der Waals surface area contributed by atoms with Gasteiger partial charge in [0.05, 0.1) is 6.54 Å². The van der Waals surface area contributed by atoms with Gasteiger partial charge in [-0.25, -0.2) is 4.99 Å². The Morgan fingerprint density at radius 1 is 1.32 bits per heavy atom. The monoisotopic (exact) mass is 346 g/mol. The van der Waals surface area contributed by atoms with E-state index in [1.54, 1.807) is 0 Å². The van der Waals surface area contributed by atoms with E-state index in [1.807, 2.05) is 12.1 Å². The number of benzene rings is 1. The van der Waals surface area contributed by atoms with Crippen LogP contribution in [-0.4, -0.2) is 56.7 Å². The van der Waals surface area contributed by atoms with Gasteiger partial charge in [-0.3, -0.25) is 0 Å². The maximum Gasteiger partial charge on any atom is 0.191 e. The number of hydrogen-bond donors (Lipinski definition) is 2. The molecule has 0 amide bonds. The van der Waals surface area contributed by atoms with Crippen molar-refractivity contribution in [2.75, 3.05) is 39.8 Å². The summed E-state index contributed by atoms with van der Waals surface area (Å²) in [5, 5.41) is 6.83. The summed E-state index contributed by atoms with van der Waals surface area (Å²) < 4.78 is 5.96. The van der Waals surface area contributed by atoms with Crippen LogP contribution in [0.5, 0.6) is 5.75 Å². The molecule has 1 aliphatic heterocycles. The van der Waals surface area contributed by atoms with E-state index in [1.165, 1.54) is 31.5 Å². The van der Waals surface area contributed by atoms with Gasteiger partial charge in [-0.05, 0) is 77.4 Å². The fourth-order valence-corrected chi connectivity index (χ4v) is 3.03. The number of hydrogen-bond acceptors (Lipinski definition) is 3. The molecule has 2 N–H and O–H groups in total. The summed E-state index contributed by atoms with van der Waals surface area (Å²) in [6.45, 7) is 11.1. The van der Waals surface area contributed by atoms with Crippen molar-refractivity contribution < 1.29 is 4.74 Å². The summed E-state index contributed by atoms with van der Waals surface area (Å²) in [7, 11) is 2.20. The standard InChI is InChI=1S/C20H34N4O/c1-5-21-20(23-15-18-9-11-24(4)12-10-18)22-14-17(3)25-19-8-6-7-16(2)13-19/h6-8,13,17-18H,5,9-12,14-15H2,1-4H3,(H2,21,22,23). The van der Waals surface area contributed by atoms with Gasteiger partial charge in [0.1, 0.15) is 11.9 Å². The van der Waals surface area contributed by atoms with Gasteiger partial charge in [0.25, 0.3) is 0 Å². The van der Waals surface area contributed by atoms with Gasteiger partial charge in [0.2, 0.25) is 0 Å². The molecular formula is C20H34N4O. The second kappa shape index (κ2) is 10.3. The molecule has 0 aliphatic carbocycles. The predicted octanol–water partition coefficient (Wildman–Crippen LogP) is 2.66. The Kier molecular flexibility index (Phi) is 8.06. The van der Waals surface area contributed by atoms with Crippen molar-refractivity contribution in [3.05, 3.63) is 29.8 Å². The van der Waals surface area contributed by atoms with Gasteiger partial charge in [-0.15, -0.1) is 0 Å².